The Balaban J connectivity index is 2.20. The summed E-state index contributed by atoms with van der Waals surface area (Å²) in [7, 11) is 0. The Hall–Kier alpha value is -1.30. The first-order valence-electron chi connectivity index (χ1n) is 13.2. The predicted molar refractivity (Wildman–Crippen MR) is 137 cm³/mol. The summed E-state index contributed by atoms with van der Waals surface area (Å²) in [6, 6.07) is 0. The van der Waals surface area contributed by atoms with Crippen LogP contribution in [0.3, 0.4) is 0 Å². The average Bonchev–Trinajstić information content (AvgIpc) is 2.76. The molecule has 0 bridgehead atoms. The predicted octanol–water partition coefficient (Wildman–Crippen LogP) is 10.4. The molecule has 0 aromatic carbocycles. The van der Waals surface area contributed by atoms with E-state index in [2.05, 4.69) is 60.8 Å². The number of allylic oxidation sites excluding steroid dienone is 10. The average molecular weight is 410 g/mol. The summed E-state index contributed by atoms with van der Waals surface area (Å²) in [5, 5.41) is 0. The summed E-state index contributed by atoms with van der Waals surface area (Å²) in [5.74, 6) is 0. The van der Waals surface area contributed by atoms with Gasteiger partial charge in [-0.05, 0) is 31.8 Å². The molecule has 0 aliphatic heterocycles. The maximum absolute atomic E-state index is 3.39. The van der Waals surface area contributed by atoms with Crippen molar-refractivity contribution in [1.29, 1.82) is 0 Å². The molecule has 1 rings (SSSR count). The highest BCUT2D eigenvalue weighted by atomic mass is 14.0. The van der Waals surface area contributed by atoms with Crippen molar-refractivity contribution in [2.75, 3.05) is 0 Å². The van der Waals surface area contributed by atoms with Gasteiger partial charge in [0.1, 0.15) is 0 Å². The number of rotatable bonds is 0. The Bertz CT molecular complexity index is 430. The molecular formula is C30H49. The zero-order valence-electron chi connectivity index (χ0n) is 19.8. The smallest absolute Gasteiger partial charge is 0.0276 e. The molecular weight excluding hydrogens is 360 g/mol. The lowest BCUT2D eigenvalue weighted by molar-refractivity contribution is 0.524. The van der Waals surface area contributed by atoms with Crippen LogP contribution in [-0.4, -0.2) is 0 Å². The van der Waals surface area contributed by atoms with Crippen LogP contribution in [0.4, 0.5) is 0 Å². The maximum Gasteiger partial charge on any atom is -0.0276 e. The fourth-order valence-corrected chi connectivity index (χ4v) is 4.02. The molecule has 0 saturated carbocycles. The van der Waals surface area contributed by atoms with Gasteiger partial charge in [0.25, 0.3) is 0 Å². The highest BCUT2D eigenvalue weighted by molar-refractivity contribution is 5.17. The Labute approximate surface area is 189 Å². The maximum atomic E-state index is 3.39. The van der Waals surface area contributed by atoms with Crippen molar-refractivity contribution in [2.45, 2.75) is 128 Å². The van der Waals surface area contributed by atoms with Crippen LogP contribution in [0.5, 0.6) is 0 Å². The molecule has 0 heteroatoms. The second-order valence-electron chi connectivity index (χ2n) is 8.86. The fraction of sp³-hybridized carbons (Fsp3) is 0.667. The summed E-state index contributed by atoms with van der Waals surface area (Å²) in [6.07, 6.45) is 50.5. The lowest BCUT2D eigenvalue weighted by Crippen LogP contribution is -1.84. The molecule has 1 aliphatic rings. The first-order chi connectivity index (χ1) is 15.0. The van der Waals surface area contributed by atoms with E-state index in [0.29, 0.717) is 0 Å². The van der Waals surface area contributed by atoms with Gasteiger partial charge >= 0.3 is 0 Å². The Morgan fingerprint density at radius 3 is 1.20 bits per heavy atom. The first-order valence-corrected chi connectivity index (χ1v) is 13.2. The molecule has 0 amide bonds. The second-order valence-corrected chi connectivity index (χ2v) is 8.86. The lowest BCUT2D eigenvalue weighted by atomic mass is 10.0. The van der Waals surface area contributed by atoms with Crippen LogP contribution in [0, 0.1) is 6.08 Å². The third-order valence-electron chi connectivity index (χ3n) is 5.96. The molecule has 30 heavy (non-hydrogen) atoms. The summed E-state index contributed by atoms with van der Waals surface area (Å²) in [5.41, 5.74) is 0. The van der Waals surface area contributed by atoms with Gasteiger partial charge in [0.15, 0.2) is 0 Å². The summed E-state index contributed by atoms with van der Waals surface area (Å²) in [4.78, 5) is 0. The normalized spacial score (nSPS) is 26.7. The monoisotopic (exact) mass is 409 g/mol. The quantitative estimate of drug-likeness (QED) is 0.373. The molecule has 0 heterocycles. The molecule has 0 spiro atoms. The summed E-state index contributed by atoms with van der Waals surface area (Å²) in [6.45, 7) is 0. The van der Waals surface area contributed by atoms with Gasteiger partial charge in [-0.2, -0.15) is 0 Å². The topological polar surface area (TPSA) is 0 Å². The van der Waals surface area contributed by atoms with E-state index in [1.54, 1.807) is 0 Å². The van der Waals surface area contributed by atoms with E-state index in [0.717, 1.165) is 6.42 Å². The van der Waals surface area contributed by atoms with Crippen molar-refractivity contribution in [1.82, 2.24) is 0 Å². The summed E-state index contributed by atoms with van der Waals surface area (Å²) < 4.78 is 0. The molecule has 0 nitrogen and oxygen atoms in total. The fourth-order valence-electron chi connectivity index (χ4n) is 4.02. The highest BCUT2D eigenvalue weighted by Gasteiger charge is 1.95. The van der Waals surface area contributed by atoms with Crippen LogP contribution >= 0.6 is 0 Å². The molecule has 0 unspecified atom stereocenters. The van der Waals surface area contributed by atoms with E-state index < -0.39 is 0 Å². The van der Waals surface area contributed by atoms with Gasteiger partial charge in [-0.1, -0.05) is 157 Å². The molecule has 0 N–H and O–H groups in total. The molecule has 1 radical (unpaired) electrons. The van der Waals surface area contributed by atoms with Gasteiger partial charge in [0.05, 0.1) is 0 Å². The zero-order valence-corrected chi connectivity index (χ0v) is 19.8. The van der Waals surface area contributed by atoms with Crippen LogP contribution in [0.25, 0.3) is 0 Å². The van der Waals surface area contributed by atoms with Crippen molar-refractivity contribution in [3.05, 3.63) is 60.8 Å². The van der Waals surface area contributed by atoms with E-state index in [-0.39, 0.29) is 0 Å². The largest absolute Gasteiger partial charge is 0.0845 e. The Kier molecular flexibility index (Phi) is 21.4. The van der Waals surface area contributed by atoms with Crippen LogP contribution in [0.1, 0.15) is 128 Å². The molecule has 0 fully saturated rings. The number of hydrogen-bond acceptors (Lipinski definition) is 0. The molecule has 169 valence electrons. The van der Waals surface area contributed by atoms with Crippen molar-refractivity contribution in [2.24, 2.45) is 0 Å². The first kappa shape index (κ1) is 26.7. The van der Waals surface area contributed by atoms with Crippen LogP contribution in [0.15, 0.2) is 54.7 Å². The molecule has 1 aliphatic carbocycles. The van der Waals surface area contributed by atoms with Gasteiger partial charge in [-0.3, -0.25) is 0 Å². The van der Waals surface area contributed by atoms with Crippen LogP contribution in [0.2, 0.25) is 0 Å². The van der Waals surface area contributed by atoms with Crippen LogP contribution < -0.4 is 0 Å². The van der Waals surface area contributed by atoms with Gasteiger partial charge in [0, 0.05) is 0 Å². The minimum atomic E-state index is 1.10. The van der Waals surface area contributed by atoms with Crippen molar-refractivity contribution < 1.29 is 0 Å². The molecule has 0 aromatic heterocycles. The van der Waals surface area contributed by atoms with Crippen molar-refractivity contribution >= 4 is 0 Å². The van der Waals surface area contributed by atoms with Crippen LogP contribution in [-0.2, 0) is 0 Å². The third kappa shape index (κ3) is 21.4. The SMILES string of the molecule is [C]1=C/C=C/C=C\C=C\C=C\CCCCCCCCCCCCCCCCCCCC/1. The standard InChI is InChI=1S/C30H49/c1-2-4-6-8-10-12-14-16-18-20-22-24-26-28-30-29-27-25-23-21-19-17-15-13-11-9-7-5-3-1/h1-9H,10,12-30H2/b3-1-,4-2+,7-5+,8-6+,11-9?. The lowest BCUT2D eigenvalue weighted by Gasteiger charge is -2.04. The van der Waals surface area contributed by atoms with E-state index in [4.69, 9.17) is 0 Å². The third-order valence-corrected chi connectivity index (χ3v) is 5.96. The zero-order chi connectivity index (χ0) is 21.2. The Morgan fingerprint density at radius 2 is 0.700 bits per heavy atom. The highest BCUT2D eigenvalue weighted by Crippen LogP contribution is 2.15. The van der Waals surface area contributed by atoms with E-state index in [1.807, 2.05) is 0 Å². The minimum absolute atomic E-state index is 1.10. The molecule has 0 saturated heterocycles. The van der Waals surface area contributed by atoms with E-state index in [9.17, 15) is 0 Å². The van der Waals surface area contributed by atoms with Crippen molar-refractivity contribution in [3.8, 4) is 0 Å². The summed E-state index contributed by atoms with van der Waals surface area (Å²) >= 11 is 0. The second kappa shape index (κ2) is 24.0. The molecule has 0 aromatic rings. The van der Waals surface area contributed by atoms with E-state index >= 15 is 0 Å². The molecule has 0 atom stereocenters. The minimum Gasteiger partial charge on any atom is -0.0845 e. The van der Waals surface area contributed by atoms with E-state index in [1.165, 1.54) is 122 Å². The number of hydrogen-bond donors (Lipinski definition) is 0. The van der Waals surface area contributed by atoms with Gasteiger partial charge in [-0.25, -0.2) is 0 Å². The van der Waals surface area contributed by atoms with Gasteiger partial charge in [0.2, 0.25) is 0 Å². The van der Waals surface area contributed by atoms with Gasteiger partial charge < -0.3 is 0 Å². The Morgan fingerprint density at radius 1 is 0.333 bits per heavy atom. The van der Waals surface area contributed by atoms with Crippen molar-refractivity contribution in [3.63, 3.8) is 0 Å². The van der Waals surface area contributed by atoms with Gasteiger partial charge in [-0.15, -0.1) is 0 Å².